The molecule has 138 valence electrons. The molecule has 0 unspecified atom stereocenters. The van der Waals surface area contributed by atoms with E-state index in [1.54, 1.807) is 18.3 Å². The maximum Gasteiger partial charge on any atom is 0.340 e. The van der Waals surface area contributed by atoms with Gasteiger partial charge in [-0.2, -0.15) is 0 Å². The minimum Gasteiger partial charge on any atom is -0.452 e. The van der Waals surface area contributed by atoms with Crippen LogP contribution in [-0.4, -0.2) is 28.5 Å². The number of benzene rings is 2. The molecule has 0 atom stereocenters. The first kappa shape index (κ1) is 17.8. The summed E-state index contributed by atoms with van der Waals surface area (Å²) < 4.78 is 4.99. The molecule has 0 spiro atoms. The summed E-state index contributed by atoms with van der Waals surface area (Å²) in [6, 6.07) is 17.4. The minimum atomic E-state index is -0.598. The first-order chi connectivity index (χ1) is 13.7. The third-order valence-corrected chi connectivity index (χ3v) is 4.79. The predicted octanol–water partition coefficient (Wildman–Crippen LogP) is 4.15. The number of rotatable bonds is 5. The molecule has 4 rings (SSSR count). The standard InChI is InChI=1S/C21H15N3O3S/c25-19(12-27-20(26)17-6-3-9-22-11-17)24-21-23-18(13-28-21)16-8-7-14-4-1-2-5-15(14)10-16/h1-11,13H,12H2,(H,23,24,25). The van der Waals surface area contributed by atoms with Crippen LogP contribution in [0.15, 0.2) is 72.4 Å². The molecule has 0 fully saturated rings. The zero-order valence-electron chi connectivity index (χ0n) is 14.7. The molecule has 2 aromatic heterocycles. The third-order valence-electron chi connectivity index (χ3n) is 4.03. The summed E-state index contributed by atoms with van der Waals surface area (Å²) in [7, 11) is 0. The van der Waals surface area contributed by atoms with Crippen LogP contribution in [0.3, 0.4) is 0 Å². The number of carbonyl (C=O) groups is 2. The Kier molecular flexibility index (Phi) is 5.07. The SMILES string of the molecule is O=C(COC(=O)c1cccnc1)Nc1nc(-c2ccc3ccccc3c2)cs1. The van der Waals surface area contributed by atoms with Crippen molar-refractivity contribution in [2.75, 3.05) is 11.9 Å². The molecule has 0 saturated carbocycles. The number of nitrogens with one attached hydrogen (secondary N) is 1. The average Bonchev–Trinajstić information content (AvgIpc) is 3.20. The van der Waals surface area contributed by atoms with Crippen molar-refractivity contribution in [3.05, 3.63) is 77.9 Å². The lowest BCUT2D eigenvalue weighted by Crippen LogP contribution is -2.20. The maximum absolute atomic E-state index is 12.0. The van der Waals surface area contributed by atoms with Crippen LogP contribution in [0.4, 0.5) is 5.13 Å². The van der Waals surface area contributed by atoms with E-state index >= 15 is 0 Å². The van der Waals surface area contributed by atoms with E-state index in [0.717, 1.165) is 22.0 Å². The Balaban J connectivity index is 1.38. The first-order valence-corrected chi connectivity index (χ1v) is 9.39. The predicted molar refractivity (Wildman–Crippen MR) is 108 cm³/mol. The number of nitrogens with zero attached hydrogens (tertiary/aromatic N) is 2. The lowest BCUT2D eigenvalue weighted by atomic mass is 10.1. The number of anilines is 1. The molecule has 0 bridgehead atoms. The number of hydrogen-bond acceptors (Lipinski definition) is 6. The number of amides is 1. The van der Waals surface area contributed by atoms with Gasteiger partial charge in [0, 0.05) is 23.3 Å². The number of hydrogen-bond donors (Lipinski definition) is 1. The molecular weight excluding hydrogens is 374 g/mol. The van der Waals surface area contributed by atoms with E-state index in [-0.39, 0.29) is 0 Å². The van der Waals surface area contributed by atoms with Crippen molar-refractivity contribution in [3.8, 4) is 11.3 Å². The number of carbonyl (C=O) groups excluding carboxylic acids is 2. The fourth-order valence-electron chi connectivity index (χ4n) is 2.67. The van der Waals surface area contributed by atoms with E-state index in [2.05, 4.69) is 27.4 Å². The molecule has 7 heteroatoms. The Labute approximate surface area is 164 Å². The van der Waals surface area contributed by atoms with Gasteiger partial charge in [-0.1, -0.05) is 36.4 Å². The fraction of sp³-hybridized carbons (Fsp3) is 0.0476. The van der Waals surface area contributed by atoms with Gasteiger partial charge in [0.05, 0.1) is 11.3 Å². The van der Waals surface area contributed by atoms with Gasteiger partial charge in [0.15, 0.2) is 11.7 Å². The quantitative estimate of drug-likeness (QED) is 0.519. The lowest BCUT2D eigenvalue weighted by molar-refractivity contribution is -0.119. The van der Waals surface area contributed by atoms with E-state index in [9.17, 15) is 9.59 Å². The van der Waals surface area contributed by atoms with Crippen LogP contribution in [0.2, 0.25) is 0 Å². The molecule has 28 heavy (non-hydrogen) atoms. The highest BCUT2D eigenvalue weighted by molar-refractivity contribution is 7.14. The Hall–Kier alpha value is -3.58. The van der Waals surface area contributed by atoms with Gasteiger partial charge in [0.25, 0.3) is 5.91 Å². The summed E-state index contributed by atoms with van der Waals surface area (Å²) in [5, 5.41) is 7.26. The number of fused-ring (bicyclic) bond motifs is 1. The number of pyridine rings is 1. The highest BCUT2D eigenvalue weighted by Gasteiger charge is 2.12. The van der Waals surface area contributed by atoms with Crippen LogP contribution < -0.4 is 5.32 Å². The smallest absolute Gasteiger partial charge is 0.340 e. The van der Waals surface area contributed by atoms with Gasteiger partial charge in [-0.05, 0) is 29.0 Å². The van der Waals surface area contributed by atoms with Crippen molar-refractivity contribution in [2.24, 2.45) is 0 Å². The van der Waals surface area contributed by atoms with Crippen LogP contribution in [0.5, 0.6) is 0 Å². The Bertz CT molecular complexity index is 1140. The van der Waals surface area contributed by atoms with Crippen molar-refractivity contribution >= 4 is 39.1 Å². The van der Waals surface area contributed by atoms with Gasteiger partial charge < -0.3 is 4.74 Å². The topological polar surface area (TPSA) is 81.2 Å². The summed E-state index contributed by atoms with van der Waals surface area (Å²) in [4.78, 5) is 32.2. The molecule has 4 aromatic rings. The highest BCUT2D eigenvalue weighted by atomic mass is 32.1. The second kappa shape index (κ2) is 7.98. The summed E-state index contributed by atoms with van der Waals surface area (Å²) in [6.07, 6.45) is 2.94. The van der Waals surface area contributed by atoms with Crippen LogP contribution in [-0.2, 0) is 9.53 Å². The normalized spacial score (nSPS) is 10.6. The lowest BCUT2D eigenvalue weighted by Gasteiger charge is -2.04. The van der Waals surface area contributed by atoms with Crippen molar-refractivity contribution in [1.29, 1.82) is 0 Å². The second-order valence-electron chi connectivity index (χ2n) is 5.97. The summed E-state index contributed by atoms with van der Waals surface area (Å²) in [5.74, 6) is -1.05. The zero-order valence-corrected chi connectivity index (χ0v) is 15.5. The van der Waals surface area contributed by atoms with Gasteiger partial charge >= 0.3 is 5.97 Å². The highest BCUT2D eigenvalue weighted by Crippen LogP contribution is 2.27. The van der Waals surface area contributed by atoms with E-state index in [1.165, 1.54) is 17.5 Å². The molecule has 0 aliphatic heterocycles. The maximum atomic E-state index is 12.0. The zero-order chi connectivity index (χ0) is 19.3. The largest absolute Gasteiger partial charge is 0.452 e. The summed E-state index contributed by atoms with van der Waals surface area (Å²) >= 11 is 1.32. The van der Waals surface area contributed by atoms with Crippen molar-refractivity contribution in [1.82, 2.24) is 9.97 Å². The number of esters is 1. The Morgan fingerprint density at radius 3 is 2.71 bits per heavy atom. The summed E-state index contributed by atoms with van der Waals surface area (Å²) in [5.41, 5.74) is 2.04. The molecule has 0 aliphatic rings. The van der Waals surface area contributed by atoms with Gasteiger partial charge in [-0.25, -0.2) is 9.78 Å². The van der Waals surface area contributed by atoms with Crippen molar-refractivity contribution < 1.29 is 14.3 Å². The molecule has 0 saturated heterocycles. The van der Waals surface area contributed by atoms with Gasteiger partial charge in [-0.15, -0.1) is 11.3 Å². The van der Waals surface area contributed by atoms with Crippen LogP contribution >= 0.6 is 11.3 Å². The molecule has 2 heterocycles. The monoisotopic (exact) mass is 389 g/mol. The molecule has 6 nitrogen and oxygen atoms in total. The molecule has 0 aliphatic carbocycles. The Morgan fingerprint density at radius 1 is 1.04 bits per heavy atom. The van der Waals surface area contributed by atoms with E-state index in [0.29, 0.717) is 10.7 Å². The fourth-order valence-corrected chi connectivity index (χ4v) is 3.40. The number of ether oxygens (including phenoxy) is 1. The summed E-state index contributed by atoms with van der Waals surface area (Å²) in [6.45, 7) is -0.390. The molecule has 0 radical (unpaired) electrons. The van der Waals surface area contributed by atoms with Crippen molar-refractivity contribution in [2.45, 2.75) is 0 Å². The van der Waals surface area contributed by atoms with Crippen molar-refractivity contribution in [3.63, 3.8) is 0 Å². The van der Waals surface area contributed by atoms with Crippen LogP contribution in [0, 0.1) is 0 Å². The van der Waals surface area contributed by atoms with Crippen LogP contribution in [0.25, 0.3) is 22.0 Å². The third kappa shape index (κ3) is 4.05. The van der Waals surface area contributed by atoms with Crippen LogP contribution in [0.1, 0.15) is 10.4 Å². The van der Waals surface area contributed by atoms with E-state index < -0.39 is 18.5 Å². The molecule has 2 aromatic carbocycles. The number of thiazole rings is 1. The van der Waals surface area contributed by atoms with E-state index in [4.69, 9.17) is 4.74 Å². The minimum absolute atomic E-state index is 0.295. The first-order valence-electron chi connectivity index (χ1n) is 8.51. The second-order valence-corrected chi connectivity index (χ2v) is 6.82. The molecule has 1 amide bonds. The average molecular weight is 389 g/mol. The Morgan fingerprint density at radius 2 is 1.89 bits per heavy atom. The van der Waals surface area contributed by atoms with Gasteiger partial charge in [0.2, 0.25) is 0 Å². The van der Waals surface area contributed by atoms with Gasteiger partial charge in [0.1, 0.15) is 0 Å². The van der Waals surface area contributed by atoms with Gasteiger partial charge in [-0.3, -0.25) is 15.1 Å². The molecular formula is C21H15N3O3S. The number of aromatic nitrogens is 2. The van der Waals surface area contributed by atoms with E-state index in [1.807, 2.05) is 35.7 Å². The molecule has 1 N–H and O–H groups in total.